The normalized spacial score (nSPS) is 11.9. The molecule has 0 atom stereocenters. The minimum absolute atomic E-state index is 0.0819. The Kier molecular flexibility index (Phi) is 2.84. The van der Waals surface area contributed by atoms with Gasteiger partial charge in [0.05, 0.1) is 4.70 Å². The Morgan fingerprint density at radius 2 is 1.94 bits per heavy atom. The molecule has 4 heteroatoms. The fourth-order valence-corrected chi connectivity index (χ4v) is 2.66. The lowest BCUT2D eigenvalue weighted by Gasteiger charge is -2.08. The van der Waals surface area contributed by atoms with Crippen molar-refractivity contribution in [3.63, 3.8) is 0 Å². The van der Waals surface area contributed by atoms with E-state index in [1.54, 1.807) is 4.57 Å². The van der Waals surface area contributed by atoms with Gasteiger partial charge >= 0.3 is 4.87 Å². The van der Waals surface area contributed by atoms with Crippen molar-refractivity contribution < 1.29 is 0 Å². The summed E-state index contributed by atoms with van der Waals surface area (Å²) in [5.74, 6) is 0.389. The van der Waals surface area contributed by atoms with Gasteiger partial charge in [0.2, 0.25) is 0 Å². The molecule has 0 unspecified atom stereocenters. The largest absolute Gasteiger partial charge is 0.309 e. The zero-order valence-electron chi connectivity index (χ0n) is 10.0. The van der Waals surface area contributed by atoms with Crippen LogP contribution in [-0.2, 0) is 0 Å². The second-order valence-electron chi connectivity index (χ2n) is 4.54. The third-order valence-electron chi connectivity index (χ3n) is 2.59. The van der Waals surface area contributed by atoms with E-state index in [1.807, 2.05) is 26.0 Å². The van der Waals surface area contributed by atoms with E-state index in [1.165, 1.54) is 11.3 Å². The molecule has 0 N–H and O–H groups in total. The molecule has 2 aromatic heterocycles. The predicted molar refractivity (Wildman–Crippen MR) is 68.4 cm³/mol. The van der Waals surface area contributed by atoms with Crippen LogP contribution in [0.2, 0.25) is 0 Å². The third kappa shape index (κ3) is 1.78. The second-order valence-corrected chi connectivity index (χ2v) is 5.54. The molecule has 0 saturated carbocycles. The van der Waals surface area contributed by atoms with Gasteiger partial charge < -0.3 is 0 Å². The van der Waals surface area contributed by atoms with Crippen molar-refractivity contribution in [2.24, 2.45) is 0 Å². The monoisotopic (exact) mass is 236 g/mol. The van der Waals surface area contributed by atoms with Gasteiger partial charge in [0, 0.05) is 11.7 Å². The van der Waals surface area contributed by atoms with Crippen LogP contribution in [0.25, 0.3) is 10.3 Å². The summed E-state index contributed by atoms with van der Waals surface area (Å²) in [4.78, 5) is 16.5. The predicted octanol–water partition coefficient (Wildman–Crippen LogP) is 3.16. The van der Waals surface area contributed by atoms with Crippen LogP contribution >= 0.6 is 11.3 Å². The number of pyridine rings is 1. The number of nitrogens with zero attached hydrogens (tertiary/aromatic N) is 2. The van der Waals surface area contributed by atoms with Crippen molar-refractivity contribution in [3.05, 3.63) is 27.5 Å². The van der Waals surface area contributed by atoms with Crippen LogP contribution in [0.5, 0.6) is 0 Å². The summed E-state index contributed by atoms with van der Waals surface area (Å²) < 4.78 is 2.74. The molecule has 0 spiro atoms. The van der Waals surface area contributed by atoms with Crippen LogP contribution < -0.4 is 4.87 Å². The molecule has 3 nitrogen and oxygen atoms in total. The number of thiazole rings is 1. The molecular weight excluding hydrogens is 220 g/mol. The summed E-state index contributed by atoms with van der Waals surface area (Å²) in [6, 6.07) is 4.17. The topological polar surface area (TPSA) is 34.9 Å². The Hall–Kier alpha value is -1.16. The number of aromatic nitrogens is 2. The van der Waals surface area contributed by atoms with Crippen LogP contribution in [0.1, 0.15) is 45.3 Å². The van der Waals surface area contributed by atoms with Gasteiger partial charge in [-0.3, -0.25) is 9.36 Å². The van der Waals surface area contributed by atoms with Gasteiger partial charge in [0.1, 0.15) is 0 Å². The minimum Gasteiger partial charge on any atom is -0.281 e. The summed E-state index contributed by atoms with van der Waals surface area (Å²) in [5, 5.41) is 0. The van der Waals surface area contributed by atoms with E-state index in [4.69, 9.17) is 0 Å². The van der Waals surface area contributed by atoms with E-state index in [-0.39, 0.29) is 10.9 Å². The van der Waals surface area contributed by atoms with Crippen LogP contribution in [0.15, 0.2) is 16.9 Å². The fourth-order valence-electron chi connectivity index (χ4n) is 1.71. The lowest BCUT2D eigenvalue weighted by atomic mass is 10.1. The van der Waals surface area contributed by atoms with Crippen molar-refractivity contribution in [1.29, 1.82) is 0 Å². The highest BCUT2D eigenvalue weighted by atomic mass is 32.1. The van der Waals surface area contributed by atoms with Crippen molar-refractivity contribution in [2.75, 3.05) is 0 Å². The number of hydrogen-bond acceptors (Lipinski definition) is 3. The lowest BCUT2D eigenvalue weighted by Crippen LogP contribution is -2.15. The van der Waals surface area contributed by atoms with Crippen LogP contribution in [0.3, 0.4) is 0 Å². The standard InChI is InChI=1S/C12H16N2OS/c1-7(2)9-5-6-10-11(13-9)14(8(3)4)12(15)16-10/h5-8H,1-4H3. The molecule has 0 aliphatic rings. The maximum absolute atomic E-state index is 11.8. The van der Waals surface area contributed by atoms with Crippen molar-refractivity contribution in [1.82, 2.24) is 9.55 Å². The maximum atomic E-state index is 11.8. The van der Waals surface area contributed by atoms with E-state index < -0.39 is 0 Å². The molecule has 0 fully saturated rings. The molecule has 0 aliphatic heterocycles. The van der Waals surface area contributed by atoms with Crippen LogP contribution in [0.4, 0.5) is 0 Å². The molecule has 2 aromatic rings. The Labute approximate surface area is 98.8 Å². The Morgan fingerprint density at radius 3 is 2.50 bits per heavy atom. The maximum Gasteiger partial charge on any atom is 0.309 e. The lowest BCUT2D eigenvalue weighted by molar-refractivity contribution is 0.604. The van der Waals surface area contributed by atoms with Gasteiger partial charge in [-0.05, 0) is 31.9 Å². The average molecular weight is 236 g/mol. The molecule has 0 amide bonds. The molecule has 2 heterocycles. The molecule has 86 valence electrons. The van der Waals surface area contributed by atoms with Gasteiger partial charge in [-0.25, -0.2) is 4.98 Å². The Balaban J connectivity index is 2.75. The zero-order chi connectivity index (χ0) is 11.9. The van der Waals surface area contributed by atoms with E-state index in [9.17, 15) is 4.79 Å². The van der Waals surface area contributed by atoms with Crippen LogP contribution in [-0.4, -0.2) is 9.55 Å². The first-order valence-corrected chi connectivity index (χ1v) is 6.34. The molecule has 2 rings (SSSR count). The Morgan fingerprint density at radius 1 is 1.25 bits per heavy atom. The summed E-state index contributed by atoms with van der Waals surface area (Å²) in [5.41, 5.74) is 1.87. The van der Waals surface area contributed by atoms with Gasteiger partial charge in [-0.2, -0.15) is 0 Å². The first-order chi connectivity index (χ1) is 7.50. The Bertz CT molecular complexity index is 566. The van der Waals surface area contributed by atoms with Crippen molar-refractivity contribution in [2.45, 2.75) is 39.7 Å². The smallest absolute Gasteiger partial charge is 0.281 e. The molecular formula is C12H16N2OS. The van der Waals surface area contributed by atoms with Crippen LogP contribution in [0, 0.1) is 0 Å². The molecule has 0 saturated heterocycles. The van der Waals surface area contributed by atoms with Gasteiger partial charge in [-0.1, -0.05) is 25.2 Å². The first kappa shape index (κ1) is 11.3. The van der Waals surface area contributed by atoms with E-state index in [2.05, 4.69) is 18.8 Å². The van der Waals surface area contributed by atoms with E-state index in [0.717, 1.165) is 16.0 Å². The number of rotatable bonds is 2. The highest BCUT2D eigenvalue weighted by Gasteiger charge is 2.12. The number of hydrogen-bond donors (Lipinski definition) is 0. The average Bonchev–Trinajstić information content (AvgIpc) is 2.51. The van der Waals surface area contributed by atoms with Gasteiger partial charge in [-0.15, -0.1) is 0 Å². The fraction of sp³-hybridized carbons (Fsp3) is 0.500. The third-order valence-corrected chi connectivity index (χ3v) is 3.50. The summed E-state index contributed by atoms with van der Waals surface area (Å²) in [7, 11) is 0. The molecule has 0 bridgehead atoms. The highest BCUT2D eigenvalue weighted by Crippen LogP contribution is 2.21. The first-order valence-electron chi connectivity index (χ1n) is 5.52. The summed E-state index contributed by atoms with van der Waals surface area (Å²) in [6.07, 6.45) is 0. The quantitative estimate of drug-likeness (QED) is 0.802. The second kappa shape index (κ2) is 4.01. The van der Waals surface area contributed by atoms with E-state index >= 15 is 0 Å². The SMILES string of the molecule is CC(C)c1ccc2sc(=O)n(C(C)C)c2n1. The molecule has 16 heavy (non-hydrogen) atoms. The molecule has 0 radical (unpaired) electrons. The van der Waals surface area contributed by atoms with Crippen molar-refractivity contribution in [3.8, 4) is 0 Å². The summed E-state index contributed by atoms with van der Waals surface area (Å²) >= 11 is 1.27. The highest BCUT2D eigenvalue weighted by molar-refractivity contribution is 7.16. The van der Waals surface area contributed by atoms with Crippen molar-refractivity contribution >= 4 is 21.7 Å². The summed E-state index contributed by atoms with van der Waals surface area (Å²) in [6.45, 7) is 8.24. The minimum atomic E-state index is 0.0819. The molecule has 0 aromatic carbocycles. The van der Waals surface area contributed by atoms with Gasteiger partial charge in [0.15, 0.2) is 5.65 Å². The van der Waals surface area contributed by atoms with E-state index in [0.29, 0.717) is 5.92 Å². The zero-order valence-corrected chi connectivity index (χ0v) is 10.8. The van der Waals surface area contributed by atoms with Gasteiger partial charge in [0.25, 0.3) is 0 Å². The molecule has 0 aliphatic carbocycles. The number of fused-ring (bicyclic) bond motifs is 1.